The van der Waals surface area contributed by atoms with Crippen LogP contribution in [0.25, 0.3) is 0 Å². The van der Waals surface area contributed by atoms with Crippen LogP contribution in [0.2, 0.25) is 0 Å². The van der Waals surface area contributed by atoms with Crippen LogP contribution in [0.4, 0.5) is 5.95 Å². The molecule has 9 heteroatoms. The summed E-state index contributed by atoms with van der Waals surface area (Å²) in [4.78, 5) is 35.9. The topological polar surface area (TPSA) is 96.9 Å². The second-order valence-electron chi connectivity index (χ2n) is 6.28. The Hall–Kier alpha value is -3.20. The van der Waals surface area contributed by atoms with Gasteiger partial charge in [0.1, 0.15) is 0 Å². The van der Waals surface area contributed by atoms with Crippen LogP contribution < -0.4 is 14.8 Å². The average molecular weight is 369 g/mol. The van der Waals surface area contributed by atoms with Gasteiger partial charge in [-0.2, -0.15) is 0 Å². The molecule has 1 saturated heterocycles. The molecule has 2 amide bonds. The lowest BCUT2D eigenvalue weighted by atomic mass is 10.1. The predicted octanol–water partition coefficient (Wildman–Crippen LogP) is 0.488. The molecule has 2 aromatic rings. The smallest absolute Gasteiger partial charge is 0.316 e. The predicted molar refractivity (Wildman–Crippen MR) is 95.1 cm³/mol. The van der Waals surface area contributed by atoms with Crippen molar-refractivity contribution >= 4 is 17.8 Å². The van der Waals surface area contributed by atoms with Crippen molar-refractivity contribution < 1.29 is 19.1 Å². The zero-order valence-electron chi connectivity index (χ0n) is 14.6. The molecule has 0 bridgehead atoms. The normalized spacial score (nSPS) is 16.2. The van der Waals surface area contributed by atoms with Crippen molar-refractivity contribution in [2.75, 3.05) is 38.3 Å². The molecule has 140 valence electrons. The van der Waals surface area contributed by atoms with Gasteiger partial charge in [0.2, 0.25) is 12.7 Å². The number of piperazine rings is 1. The summed E-state index contributed by atoms with van der Waals surface area (Å²) in [7, 11) is 0. The van der Waals surface area contributed by atoms with E-state index in [0.29, 0.717) is 26.2 Å². The fourth-order valence-corrected chi connectivity index (χ4v) is 3.07. The van der Waals surface area contributed by atoms with Gasteiger partial charge in [-0.25, -0.2) is 9.97 Å². The Balaban J connectivity index is 1.28. The summed E-state index contributed by atoms with van der Waals surface area (Å²) in [6.07, 6.45) is 3.00. The number of carbonyl (C=O) groups is 2. The summed E-state index contributed by atoms with van der Waals surface area (Å²) in [5, 5.41) is 2.42. The second-order valence-corrected chi connectivity index (χ2v) is 6.28. The van der Waals surface area contributed by atoms with E-state index in [2.05, 4.69) is 20.2 Å². The molecule has 1 aromatic carbocycles. The summed E-state index contributed by atoms with van der Waals surface area (Å²) in [5.74, 6) is 0.372. The van der Waals surface area contributed by atoms with Crippen LogP contribution in [-0.2, 0) is 16.1 Å². The van der Waals surface area contributed by atoms with Crippen LogP contribution in [0.15, 0.2) is 36.7 Å². The lowest BCUT2D eigenvalue weighted by Gasteiger charge is -2.34. The van der Waals surface area contributed by atoms with E-state index in [4.69, 9.17) is 9.47 Å². The van der Waals surface area contributed by atoms with E-state index in [1.165, 1.54) is 12.4 Å². The standard InChI is InChI=1S/C18H19N5O4/c24-16(21-18-19-4-1-5-20-18)17(25)23-8-6-22(7-9-23)11-13-2-3-14-15(10-13)27-12-26-14/h1-5,10H,6-9,11-12H2,(H,19,20,21,24). The van der Waals surface area contributed by atoms with Crippen molar-refractivity contribution in [2.24, 2.45) is 0 Å². The zero-order chi connectivity index (χ0) is 18.6. The van der Waals surface area contributed by atoms with Crippen LogP contribution in [0.1, 0.15) is 5.56 Å². The van der Waals surface area contributed by atoms with Crippen molar-refractivity contribution in [1.82, 2.24) is 19.8 Å². The maximum atomic E-state index is 12.3. The highest BCUT2D eigenvalue weighted by atomic mass is 16.7. The Morgan fingerprint density at radius 1 is 1.04 bits per heavy atom. The van der Waals surface area contributed by atoms with Gasteiger partial charge in [-0.1, -0.05) is 6.07 Å². The number of aromatic nitrogens is 2. The molecule has 0 aliphatic carbocycles. The van der Waals surface area contributed by atoms with Crippen LogP contribution in [0.3, 0.4) is 0 Å². The van der Waals surface area contributed by atoms with Crippen LogP contribution in [-0.4, -0.2) is 64.6 Å². The van der Waals surface area contributed by atoms with Gasteiger partial charge in [0, 0.05) is 45.1 Å². The molecule has 1 aromatic heterocycles. The SMILES string of the molecule is O=C(Nc1ncccn1)C(=O)N1CCN(Cc2ccc3c(c2)OCO3)CC1. The number of fused-ring (bicyclic) bond motifs is 1. The molecule has 0 unspecified atom stereocenters. The Bertz CT molecular complexity index is 837. The molecule has 2 aliphatic rings. The van der Waals surface area contributed by atoms with E-state index in [9.17, 15) is 9.59 Å². The first kappa shape index (κ1) is 17.2. The highest BCUT2D eigenvalue weighted by Gasteiger charge is 2.26. The van der Waals surface area contributed by atoms with Crippen molar-refractivity contribution in [2.45, 2.75) is 6.54 Å². The van der Waals surface area contributed by atoms with Crippen LogP contribution >= 0.6 is 0 Å². The quantitative estimate of drug-likeness (QED) is 0.787. The van der Waals surface area contributed by atoms with E-state index in [-0.39, 0.29) is 12.7 Å². The Morgan fingerprint density at radius 3 is 2.56 bits per heavy atom. The molecule has 1 fully saturated rings. The number of hydrogen-bond acceptors (Lipinski definition) is 7. The van der Waals surface area contributed by atoms with Crippen molar-refractivity contribution in [3.05, 3.63) is 42.2 Å². The van der Waals surface area contributed by atoms with Gasteiger partial charge in [-0.3, -0.25) is 19.8 Å². The fourth-order valence-electron chi connectivity index (χ4n) is 3.07. The number of nitrogens with one attached hydrogen (secondary N) is 1. The van der Waals surface area contributed by atoms with Gasteiger partial charge < -0.3 is 14.4 Å². The summed E-state index contributed by atoms with van der Waals surface area (Å²) < 4.78 is 10.7. The number of anilines is 1. The minimum Gasteiger partial charge on any atom is -0.454 e. The van der Waals surface area contributed by atoms with E-state index < -0.39 is 11.8 Å². The lowest BCUT2D eigenvalue weighted by molar-refractivity contribution is -0.144. The van der Waals surface area contributed by atoms with Gasteiger partial charge in [-0.15, -0.1) is 0 Å². The summed E-state index contributed by atoms with van der Waals surface area (Å²) in [5.41, 5.74) is 1.12. The Morgan fingerprint density at radius 2 is 1.78 bits per heavy atom. The largest absolute Gasteiger partial charge is 0.454 e. The summed E-state index contributed by atoms with van der Waals surface area (Å²) in [6.45, 7) is 3.38. The van der Waals surface area contributed by atoms with Gasteiger partial charge >= 0.3 is 11.8 Å². The van der Waals surface area contributed by atoms with Gasteiger partial charge in [0.25, 0.3) is 0 Å². The second kappa shape index (κ2) is 7.58. The highest BCUT2D eigenvalue weighted by molar-refractivity contribution is 6.39. The van der Waals surface area contributed by atoms with Gasteiger partial charge in [0.05, 0.1) is 0 Å². The summed E-state index contributed by atoms with van der Waals surface area (Å²) in [6, 6.07) is 7.54. The van der Waals surface area contributed by atoms with E-state index >= 15 is 0 Å². The molecule has 9 nitrogen and oxygen atoms in total. The third-order valence-corrected chi connectivity index (χ3v) is 4.49. The molecule has 0 spiro atoms. The third kappa shape index (κ3) is 3.98. The monoisotopic (exact) mass is 369 g/mol. The highest BCUT2D eigenvalue weighted by Crippen LogP contribution is 2.32. The first-order valence-corrected chi connectivity index (χ1v) is 8.67. The minimum absolute atomic E-state index is 0.122. The molecule has 0 saturated carbocycles. The molecule has 1 N–H and O–H groups in total. The number of hydrogen-bond donors (Lipinski definition) is 1. The Labute approximate surface area is 155 Å². The zero-order valence-corrected chi connectivity index (χ0v) is 14.6. The number of nitrogens with zero attached hydrogens (tertiary/aromatic N) is 4. The maximum absolute atomic E-state index is 12.3. The van der Waals surface area contributed by atoms with Crippen molar-refractivity contribution in [3.63, 3.8) is 0 Å². The number of amides is 2. The van der Waals surface area contributed by atoms with Gasteiger partial charge in [-0.05, 0) is 23.8 Å². The molecular formula is C18H19N5O4. The number of carbonyl (C=O) groups excluding carboxylic acids is 2. The molecule has 2 aliphatic heterocycles. The minimum atomic E-state index is -0.717. The maximum Gasteiger partial charge on any atom is 0.316 e. The Kier molecular flexibility index (Phi) is 4.84. The molecule has 0 atom stereocenters. The lowest BCUT2D eigenvalue weighted by Crippen LogP contribution is -2.51. The van der Waals surface area contributed by atoms with Crippen LogP contribution in [0.5, 0.6) is 11.5 Å². The first-order chi connectivity index (χ1) is 13.2. The molecule has 3 heterocycles. The van der Waals surface area contributed by atoms with Crippen LogP contribution in [0, 0.1) is 0 Å². The molecule has 4 rings (SSSR count). The molecular weight excluding hydrogens is 350 g/mol. The summed E-state index contributed by atoms with van der Waals surface area (Å²) >= 11 is 0. The number of benzene rings is 1. The average Bonchev–Trinajstić information content (AvgIpc) is 3.16. The molecule has 27 heavy (non-hydrogen) atoms. The number of rotatable bonds is 3. The van der Waals surface area contributed by atoms with E-state index in [1.807, 2.05) is 18.2 Å². The van der Waals surface area contributed by atoms with Gasteiger partial charge in [0.15, 0.2) is 11.5 Å². The van der Waals surface area contributed by atoms with Crippen molar-refractivity contribution in [1.29, 1.82) is 0 Å². The van der Waals surface area contributed by atoms with Crippen molar-refractivity contribution in [3.8, 4) is 11.5 Å². The third-order valence-electron chi connectivity index (χ3n) is 4.49. The number of ether oxygens (including phenoxy) is 2. The van der Waals surface area contributed by atoms with E-state index in [1.54, 1.807) is 11.0 Å². The molecule has 0 radical (unpaired) electrons. The first-order valence-electron chi connectivity index (χ1n) is 8.67. The fraction of sp³-hybridized carbons (Fsp3) is 0.333. The van der Waals surface area contributed by atoms with E-state index in [0.717, 1.165) is 23.6 Å².